The Kier molecular flexibility index (Phi) is 4.01. The molecule has 0 radical (unpaired) electrons. The number of nitrogen functional groups attached to an aromatic ring is 1. The monoisotopic (exact) mass is 237 g/mol. The number of amides is 1. The average molecular weight is 237 g/mol. The lowest BCUT2D eigenvalue weighted by atomic mass is 10.0. The van der Waals surface area contributed by atoms with E-state index in [1.54, 1.807) is 0 Å². The van der Waals surface area contributed by atoms with Crippen LogP contribution < -0.4 is 11.1 Å². The van der Waals surface area contributed by atoms with Crippen LogP contribution in [0.3, 0.4) is 0 Å². The summed E-state index contributed by atoms with van der Waals surface area (Å²) in [6.45, 7) is 4.60. The number of hydrogen-bond donors (Lipinski definition) is 2. The van der Waals surface area contributed by atoms with Gasteiger partial charge in [0.05, 0.1) is 12.4 Å². The Morgan fingerprint density at radius 3 is 2.65 bits per heavy atom. The van der Waals surface area contributed by atoms with Gasteiger partial charge in [0.1, 0.15) is 11.5 Å². The number of aromatic nitrogens is 2. The lowest BCUT2D eigenvalue weighted by molar-refractivity contribution is 0.0914. The Labute approximate surface area is 101 Å². The van der Waals surface area contributed by atoms with E-state index >= 15 is 0 Å². The van der Waals surface area contributed by atoms with Crippen molar-refractivity contribution in [2.45, 2.75) is 19.4 Å². The van der Waals surface area contributed by atoms with E-state index in [-0.39, 0.29) is 23.0 Å². The van der Waals surface area contributed by atoms with Gasteiger partial charge in [-0.25, -0.2) is 4.98 Å². The number of carbonyl (C=O) groups excluding carboxylic acids is 1. The van der Waals surface area contributed by atoms with Crippen molar-refractivity contribution in [1.29, 1.82) is 0 Å². The van der Waals surface area contributed by atoms with Crippen LogP contribution >= 0.6 is 0 Å². The zero-order valence-electron chi connectivity index (χ0n) is 10.7. The molecule has 1 heterocycles. The van der Waals surface area contributed by atoms with Crippen LogP contribution in [0.5, 0.6) is 0 Å². The summed E-state index contributed by atoms with van der Waals surface area (Å²) in [4.78, 5) is 21.6. The van der Waals surface area contributed by atoms with Crippen molar-refractivity contribution in [3.05, 3.63) is 18.1 Å². The third kappa shape index (κ3) is 3.67. The Balaban J connectivity index is 2.62. The van der Waals surface area contributed by atoms with Crippen molar-refractivity contribution in [2.24, 2.45) is 0 Å². The Morgan fingerprint density at radius 2 is 2.12 bits per heavy atom. The summed E-state index contributed by atoms with van der Waals surface area (Å²) in [5.41, 5.74) is 5.58. The maximum absolute atomic E-state index is 11.8. The van der Waals surface area contributed by atoms with Gasteiger partial charge >= 0.3 is 0 Å². The third-order valence-electron chi connectivity index (χ3n) is 2.78. The Hall–Kier alpha value is -1.69. The first-order valence-electron chi connectivity index (χ1n) is 5.36. The fourth-order valence-electron chi connectivity index (χ4n) is 1.04. The molecule has 0 aliphatic heterocycles. The normalized spacial score (nSPS) is 11.6. The van der Waals surface area contributed by atoms with Crippen molar-refractivity contribution in [1.82, 2.24) is 20.2 Å². The minimum Gasteiger partial charge on any atom is -0.382 e. The molecule has 0 saturated heterocycles. The molecule has 1 rings (SSSR count). The van der Waals surface area contributed by atoms with Gasteiger partial charge in [-0.1, -0.05) is 0 Å². The molecule has 94 valence electrons. The fraction of sp³-hybridized carbons (Fsp3) is 0.545. The number of anilines is 1. The molecular formula is C11H19N5O. The van der Waals surface area contributed by atoms with Crippen LogP contribution in [0, 0.1) is 0 Å². The lowest BCUT2D eigenvalue weighted by Crippen LogP contribution is -2.48. The van der Waals surface area contributed by atoms with E-state index in [1.807, 2.05) is 32.8 Å². The van der Waals surface area contributed by atoms with Crippen LogP contribution in [-0.4, -0.2) is 47.0 Å². The second-order valence-electron chi connectivity index (χ2n) is 4.72. The maximum atomic E-state index is 11.8. The standard InChI is InChI=1S/C11H19N5O/c1-11(2,16(3)4)7-14-10(17)8-5-13-6-9(12)15-8/h5-6H,7H2,1-4H3,(H2,12,15)(H,14,17). The largest absolute Gasteiger partial charge is 0.382 e. The predicted octanol–water partition coefficient (Wildman–Crippen LogP) is 0.129. The molecule has 1 amide bonds. The molecule has 0 aliphatic rings. The van der Waals surface area contributed by atoms with E-state index in [2.05, 4.69) is 15.3 Å². The molecule has 0 spiro atoms. The molecule has 1 aromatic rings. The van der Waals surface area contributed by atoms with Crippen molar-refractivity contribution < 1.29 is 4.79 Å². The molecule has 0 fully saturated rings. The number of carbonyl (C=O) groups is 1. The first-order valence-corrected chi connectivity index (χ1v) is 5.36. The van der Waals surface area contributed by atoms with E-state index in [4.69, 9.17) is 5.73 Å². The van der Waals surface area contributed by atoms with Gasteiger partial charge in [0, 0.05) is 12.1 Å². The molecule has 0 saturated carbocycles. The number of nitrogens with two attached hydrogens (primary N) is 1. The minimum atomic E-state index is -0.264. The quantitative estimate of drug-likeness (QED) is 0.777. The first-order chi connectivity index (χ1) is 7.83. The number of likely N-dealkylation sites (N-methyl/N-ethyl adjacent to an activating group) is 1. The highest BCUT2D eigenvalue weighted by molar-refractivity contribution is 5.92. The summed E-state index contributed by atoms with van der Waals surface area (Å²) in [5.74, 6) is -0.0238. The van der Waals surface area contributed by atoms with E-state index in [1.165, 1.54) is 12.4 Å². The topological polar surface area (TPSA) is 84.1 Å². The molecule has 17 heavy (non-hydrogen) atoms. The van der Waals surface area contributed by atoms with Gasteiger partial charge in [0.15, 0.2) is 0 Å². The highest BCUT2D eigenvalue weighted by Crippen LogP contribution is 2.08. The number of rotatable bonds is 4. The molecule has 3 N–H and O–H groups in total. The maximum Gasteiger partial charge on any atom is 0.271 e. The van der Waals surface area contributed by atoms with Gasteiger partial charge in [0.25, 0.3) is 5.91 Å². The molecule has 0 aliphatic carbocycles. The first kappa shape index (κ1) is 13.4. The van der Waals surface area contributed by atoms with Crippen LogP contribution in [0.15, 0.2) is 12.4 Å². The zero-order valence-corrected chi connectivity index (χ0v) is 10.7. The Morgan fingerprint density at radius 1 is 1.47 bits per heavy atom. The molecule has 1 aromatic heterocycles. The lowest BCUT2D eigenvalue weighted by Gasteiger charge is -2.32. The van der Waals surface area contributed by atoms with Crippen molar-refractivity contribution in [3.8, 4) is 0 Å². The summed E-state index contributed by atoms with van der Waals surface area (Å²) in [5, 5.41) is 2.81. The van der Waals surface area contributed by atoms with E-state index < -0.39 is 0 Å². The summed E-state index contributed by atoms with van der Waals surface area (Å²) >= 11 is 0. The van der Waals surface area contributed by atoms with Gasteiger partial charge in [0.2, 0.25) is 0 Å². The van der Waals surface area contributed by atoms with Crippen molar-refractivity contribution in [3.63, 3.8) is 0 Å². The summed E-state index contributed by atoms with van der Waals surface area (Å²) in [7, 11) is 3.93. The summed E-state index contributed by atoms with van der Waals surface area (Å²) in [6.07, 6.45) is 2.80. The molecular weight excluding hydrogens is 218 g/mol. The number of hydrogen-bond acceptors (Lipinski definition) is 5. The second kappa shape index (κ2) is 5.09. The highest BCUT2D eigenvalue weighted by atomic mass is 16.1. The summed E-state index contributed by atoms with van der Waals surface area (Å²) in [6, 6.07) is 0. The van der Waals surface area contributed by atoms with Crippen LogP contribution in [0.4, 0.5) is 5.82 Å². The zero-order chi connectivity index (χ0) is 13.1. The van der Waals surface area contributed by atoms with Crippen molar-refractivity contribution >= 4 is 11.7 Å². The van der Waals surface area contributed by atoms with Crippen LogP contribution in [-0.2, 0) is 0 Å². The van der Waals surface area contributed by atoms with Crippen LogP contribution in [0.1, 0.15) is 24.3 Å². The van der Waals surface area contributed by atoms with Crippen LogP contribution in [0.2, 0.25) is 0 Å². The molecule has 6 heteroatoms. The van der Waals surface area contributed by atoms with Gasteiger partial charge in [-0.05, 0) is 27.9 Å². The Bertz CT molecular complexity index is 403. The molecule has 0 atom stereocenters. The van der Waals surface area contributed by atoms with Gasteiger partial charge in [-0.3, -0.25) is 9.78 Å². The van der Waals surface area contributed by atoms with Crippen LogP contribution in [0.25, 0.3) is 0 Å². The smallest absolute Gasteiger partial charge is 0.271 e. The molecule has 6 nitrogen and oxygen atoms in total. The molecule has 0 bridgehead atoms. The van der Waals surface area contributed by atoms with Gasteiger partial charge in [-0.2, -0.15) is 0 Å². The number of nitrogens with zero attached hydrogens (tertiary/aromatic N) is 3. The second-order valence-corrected chi connectivity index (χ2v) is 4.72. The SMILES string of the molecule is CN(C)C(C)(C)CNC(=O)c1cncc(N)n1. The van der Waals surface area contributed by atoms with E-state index in [9.17, 15) is 4.79 Å². The fourth-order valence-corrected chi connectivity index (χ4v) is 1.04. The number of nitrogens with one attached hydrogen (secondary N) is 1. The van der Waals surface area contributed by atoms with Gasteiger partial charge < -0.3 is 16.0 Å². The van der Waals surface area contributed by atoms with E-state index in [0.29, 0.717) is 6.54 Å². The average Bonchev–Trinajstić information content (AvgIpc) is 2.25. The predicted molar refractivity (Wildman–Crippen MR) is 66.5 cm³/mol. The highest BCUT2D eigenvalue weighted by Gasteiger charge is 2.21. The summed E-state index contributed by atoms with van der Waals surface area (Å²) < 4.78 is 0. The molecule has 0 aromatic carbocycles. The molecule has 0 unspecified atom stereocenters. The third-order valence-corrected chi connectivity index (χ3v) is 2.78. The van der Waals surface area contributed by atoms with E-state index in [0.717, 1.165) is 0 Å². The minimum absolute atomic E-state index is 0.122. The van der Waals surface area contributed by atoms with Crippen molar-refractivity contribution in [2.75, 3.05) is 26.4 Å². The van der Waals surface area contributed by atoms with Gasteiger partial charge in [-0.15, -0.1) is 0 Å².